The average Bonchev–Trinajstić information content (AvgIpc) is 2.46. The SMILES string of the molecule is CC(C)(C)OC(=O)c1ccc(NC(=O)c2ncccc2Br)cc1. The van der Waals surface area contributed by atoms with Crippen molar-refractivity contribution in [3.63, 3.8) is 0 Å². The number of nitrogens with one attached hydrogen (secondary N) is 1. The standard InChI is InChI=1S/C17H17BrN2O3/c1-17(2,3)23-16(22)11-6-8-12(9-7-11)20-15(21)14-13(18)5-4-10-19-14/h4-10H,1-3H3,(H,20,21). The zero-order valence-electron chi connectivity index (χ0n) is 13.1. The number of hydrogen-bond donors (Lipinski definition) is 1. The minimum atomic E-state index is -0.546. The van der Waals surface area contributed by atoms with Gasteiger partial charge in [0.05, 0.1) is 5.56 Å². The molecule has 0 aliphatic rings. The quantitative estimate of drug-likeness (QED) is 0.820. The third kappa shape index (κ3) is 4.89. The third-order valence-corrected chi connectivity index (χ3v) is 3.39. The summed E-state index contributed by atoms with van der Waals surface area (Å²) in [6.07, 6.45) is 1.55. The minimum Gasteiger partial charge on any atom is -0.456 e. The zero-order valence-corrected chi connectivity index (χ0v) is 14.7. The molecule has 0 aliphatic heterocycles. The molecule has 1 aromatic carbocycles. The van der Waals surface area contributed by atoms with Crippen molar-refractivity contribution in [2.45, 2.75) is 26.4 Å². The molecule has 0 fully saturated rings. The van der Waals surface area contributed by atoms with Crippen LogP contribution in [0.15, 0.2) is 47.1 Å². The normalized spacial score (nSPS) is 11.0. The molecule has 6 heteroatoms. The van der Waals surface area contributed by atoms with E-state index in [1.54, 1.807) is 42.6 Å². The number of aromatic nitrogens is 1. The maximum atomic E-state index is 12.1. The molecule has 120 valence electrons. The first-order valence-corrected chi connectivity index (χ1v) is 7.81. The van der Waals surface area contributed by atoms with E-state index in [9.17, 15) is 9.59 Å². The smallest absolute Gasteiger partial charge is 0.338 e. The van der Waals surface area contributed by atoms with E-state index >= 15 is 0 Å². The number of anilines is 1. The van der Waals surface area contributed by atoms with Crippen molar-refractivity contribution >= 4 is 33.5 Å². The molecule has 0 saturated carbocycles. The van der Waals surface area contributed by atoms with Gasteiger partial charge < -0.3 is 10.1 Å². The molecule has 0 bridgehead atoms. The molecule has 0 atom stereocenters. The van der Waals surface area contributed by atoms with Crippen LogP contribution in [0.3, 0.4) is 0 Å². The van der Waals surface area contributed by atoms with Gasteiger partial charge in [0, 0.05) is 16.4 Å². The average molecular weight is 377 g/mol. The van der Waals surface area contributed by atoms with E-state index in [1.165, 1.54) is 0 Å². The highest BCUT2D eigenvalue weighted by Crippen LogP contribution is 2.17. The van der Waals surface area contributed by atoms with Crippen molar-refractivity contribution in [3.05, 3.63) is 58.3 Å². The summed E-state index contributed by atoms with van der Waals surface area (Å²) in [5.41, 5.74) is 0.746. The molecule has 0 saturated heterocycles. The first-order chi connectivity index (χ1) is 10.8. The second-order valence-electron chi connectivity index (χ2n) is 5.87. The van der Waals surface area contributed by atoms with Gasteiger partial charge in [-0.25, -0.2) is 9.78 Å². The summed E-state index contributed by atoms with van der Waals surface area (Å²) in [7, 11) is 0. The molecule has 0 aliphatic carbocycles. The number of rotatable bonds is 3. The predicted molar refractivity (Wildman–Crippen MR) is 91.5 cm³/mol. The molecule has 1 N–H and O–H groups in total. The molecule has 1 amide bonds. The molecule has 2 aromatic rings. The fourth-order valence-corrected chi connectivity index (χ4v) is 2.20. The third-order valence-electron chi connectivity index (χ3n) is 2.75. The lowest BCUT2D eigenvalue weighted by Crippen LogP contribution is -2.23. The van der Waals surface area contributed by atoms with Gasteiger partial charge in [-0.05, 0) is 73.1 Å². The maximum Gasteiger partial charge on any atom is 0.338 e. The molecule has 0 spiro atoms. The van der Waals surface area contributed by atoms with Crippen molar-refractivity contribution in [3.8, 4) is 0 Å². The van der Waals surface area contributed by atoms with Crippen LogP contribution in [0.25, 0.3) is 0 Å². The van der Waals surface area contributed by atoms with Gasteiger partial charge in [0.2, 0.25) is 0 Å². The number of hydrogen-bond acceptors (Lipinski definition) is 4. The van der Waals surface area contributed by atoms with E-state index in [0.717, 1.165) is 0 Å². The van der Waals surface area contributed by atoms with Gasteiger partial charge in [0.1, 0.15) is 11.3 Å². The molecule has 2 rings (SSSR count). The first kappa shape index (κ1) is 17.1. The topological polar surface area (TPSA) is 68.3 Å². The van der Waals surface area contributed by atoms with Crippen LogP contribution in [-0.2, 0) is 4.74 Å². The fraction of sp³-hybridized carbons (Fsp3) is 0.235. The highest BCUT2D eigenvalue weighted by atomic mass is 79.9. The van der Waals surface area contributed by atoms with Gasteiger partial charge in [-0.15, -0.1) is 0 Å². The van der Waals surface area contributed by atoms with E-state index in [2.05, 4.69) is 26.2 Å². The molecule has 1 aromatic heterocycles. The van der Waals surface area contributed by atoms with Crippen LogP contribution in [0.5, 0.6) is 0 Å². The highest BCUT2D eigenvalue weighted by Gasteiger charge is 2.18. The van der Waals surface area contributed by atoms with E-state index < -0.39 is 11.6 Å². The van der Waals surface area contributed by atoms with Crippen molar-refractivity contribution in [1.29, 1.82) is 0 Å². The van der Waals surface area contributed by atoms with Crippen molar-refractivity contribution in [2.24, 2.45) is 0 Å². The Labute approximate surface area is 143 Å². The number of carbonyl (C=O) groups is 2. The number of benzene rings is 1. The predicted octanol–water partition coefficient (Wildman–Crippen LogP) is 4.05. The lowest BCUT2D eigenvalue weighted by molar-refractivity contribution is 0.00695. The Kier molecular flexibility index (Phi) is 5.15. The van der Waals surface area contributed by atoms with Gasteiger partial charge in [-0.1, -0.05) is 0 Å². The molecular formula is C17H17BrN2O3. The number of pyridine rings is 1. The van der Waals surface area contributed by atoms with E-state index in [0.29, 0.717) is 21.4 Å². The van der Waals surface area contributed by atoms with Gasteiger partial charge in [-0.3, -0.25) is 4.79 Å². The van der Waals surface area contributed by atoms with Crippen molar-refractivity contribution < 1.29 is 14.3 Å². The Balaban J connectivity index is 2.07. The summed E-state index contributed by atoms with van der Waals surface area (Å²) in [6, 6.07) is 9.99. The monoisotopic (exact) mass is 376 g/mol. The summed E-state index contributed by atoms with van der Waals surface area (Å²) < 4.78 is 5.90. The summed E-state index contributed by atoms with van der Waals surface area (Å²) in [5.74, 6) is -0.731. The van der Waals surface area contributed by atoms with Crippen LogP contribution >= 0.6 is 15.9 Å². The second-order valence-corrected chi connectivity index (χ2v) is 6.72. The van der Waals surface area contributed by atoms with Gasteiger partial charge in [0.15, 0.2) is 0 Å². The lowest BCUT2D eigenvalue weighted by atomic mass is 10.1. The van der Waals surface area contributed by atoms with Crippen molar-refractivity contribution in [1.82, 2.24) is 4.98 Å². The summed E-state index contributed by atoms with van der Waals surface area (Å²) in [4.78, 5) is 28.1. The Morgan fingerprint density at radius 3 is 2.35 bits per heavy atom. The first-order valence-electron chi connectivity index (χ1n) is 7.01. The molecule has 0 radical (unpaired) electrons. The van der Waals surface area contributed by atoms with Gasteiger partial charge in [-0.2, -0.15) is 0 Å². The van der Waals surface area contributed by atoms with Gasteiger partial charge in [0.25, 0.3) is 5.91 Å². The van der Waals surface area contributed by atoms with Crippen LogP contribution in [0, 0.1) is 0 Å². The van der Waals surface area contributed by atoms with Gasteiger partial charge >= 0.3 is 5.97 Å². The largest absolute Gasteiger partial charge is 0.456 e. The number of ether oxygens (including phenoxy) is 1. The van der Waals surface area contributed by atoms with Crippen LogP contribution in [-0.4, -0.2) is 22.5 Å². The highest BCUT2D eigenvalue weighted by molar-refractivity contribution is 9.10. The Morgan fingerprint density at radius 2 is 1.78 bits per heavy atom. The van der Waals surface area contributed by atoms with Crippen LogP contribution in [0.2, 0.25) is 0 Å². The van der Waals surface area contributed by atoms with E-state index in [4.69, 9.17) is 4.74 Å². The van der Waals surface area contributed by atoms with Crippen molar-refractivity contribution in [2.75, 3.05) is 5.32 Å². The molecule has 0 unspecified atom stereocenters. The molecule has 23 heavy (non-hydrogen) atoms. The second kappa shape index (κ2) is 6.91. The Bertz CT molecular complexity index is 721. The Morgan fingerprint density at radius 1 is 1.13 bits per heavy atom. The molecule has 1 heterocycles. The number of esters is 1. The minimum absolute atomic E-state index is 0.295. The number of amides is 1. The fourth-order valence-electron chi connectivity index (χ4n) is 1.77. The maximum absolute atomic E-state index is 12.1. The summed E-state index contributed by atoms with van der Waals surface area (Å²) in [6.45, 7) is 5.43. The Hall–Kier alpha value is -2.21. The van der Waals surface area contributed by atoms with Crippen LogP contribution in [0.1, 0.15) is 41.6 Å². The number of carbonyl (C=O) groups excluding carboxylic acids is 2. The molecule has 5 nitrogen and oxygen atoms in total. The summed E-state index contributed by atoms with van der Waals surface area (Å²) >= 11 is 3.28. The van der Waals surface area contributed by atoms with E-state index in [1.807, 2.05) is 20.8 Å². The molecular weight excluding hydrogens is 360 g/mol. The van der Waals surface area contributed by atoms with Crippen LogP contribution in [0.4, 0.5) is 5.69 Å². The number of halogens is 1. The zero-order chi connectivity index (χ0) is 17.0. The lowest BCUT2D eigenvalue weighted by Gasteiger charge is -2.19. The number of nitrogens with zero attached hydrogens (tertiary/aromatic N) is 1. The summed E-state index contributed by atoms with van der Waals surface area (Å²) in [5, 5.41) is 2.73. The van der Waals surface area contributed by atoms with Crippen LogP contribution < -0.4 is 5.32 Å². The van der Waals surface area contributed by atoms with E-state index in [-0.39, 0.29) is 5.91 Å².